The minimum absolute atomic E-state index is 0.122. The monoisotopic (exact) mass is 514 g/mol. The maximum absolute atomic E-state index is 13.1. The van der Waals surface area contributed by atoms with E-state index in [1.165, 1.54) is 11.6 Å². The summed E-state index contributed by atoms with van der Waals surface area (Å²) >= 11 is 12.1. The van der Waals surface area contributed by atoms with Crippen LogP contribution in [-0.4, -0.2) is 15.0 Å². The zero-order valence-electron chi connectivity index (χ0n) is 18.5. The van der Waals surface area contributed by atoms with Crippen LogP contribution in [0.4, 0.5) is 11.4 Å². The molecule has 0 saturated heterocycles. The highest BCUT2D eigenvalue weighted by atomic mass is 35.5. The summed E-state index contributed by atoms with van der Waals surface area (Å²) in [4.78, 5) is 0.192. The lowest BCUT2D eigenvalue weighted by molar-refractivity contribution is 0.340. The largest absolute Gasteiger partial charge is 0.494 e. The highest BCUT2D eigenvalue weighted by molar-refractivity contribution is 7.92. The van der Waals surface area contributed by atoms with E-state index in [2.05, 4.69) is 34.3 Å². The lowest BCUT2D eigenvalue weighted by atomic mass is 9.77. The minimum atomic E-state index is -3.83. The van der Waals surface area contributed by atoms with Gasteiger partial charge in [0.05, 0.1) is 28.3 Å². The quantitative estimate of drug-likeness (QED) is 0.346. The molecule has 1 aliphatic heterocycles. The maximum atomic E-state index is 13.1. The lowest BCUT2D eigenvalue weighted by Gasteiger charge is -2.37. The van der Waals surface area contributed by atoms with E-state index in [9.17, 15) is 8.42 Å². The van der Waals surface area contributed by atoms with Crippen molar-refractivity contribution in [2.24, 2.45) is 5.92 Å². The van der Waals surface area contributed by atoms with Crippen molar-refractivity contribution in [2.75, 3.05) is 16.6 Å². The molecule has 1 aliphatic carbocycles. The van der Waals surface area contributed by atoms with Gasteiger partial charge in [-0.25, -0.2) is 8.42 Å². The van der Waals surface area contributed by atoms with Crippen LogP contribution in [0.3, 0.4) is 0 Å². The topological polar surface area (TPSA) is 67.4 Å². The molecule has 2 N–H and O–H groups in total. The van der Waals surface area contributed by atoms with Crippen molar-refractivity contribution in [1.82, 2.24) is 0 Å². The molecule has 0 saturated carbocycles. The van der Waals surface area contributed by atoms with Crippen LogP contribution >= 0.6 is 23.2 Å². The van der Waals surface area contributed by atoms with Crippen molar-refractivity contribution in [3.05, 3.63) is 94.0 Å². The van der Waals surface area contributed by atoms with E-state index in [0.717, 1.165) is 23.4 Å². The first kappa shape index (κ1) is 23.1. The third-order valence-corrected chi connectivity index (χ3v) is 8.28. The molecule has 0 unspecified atom stereocenters. The Morgan fingerprint density at radius 3 is 2.59 bits per heavy atom. The van der Waals surface area contributed by atoms with Gasteiger partial charge in [-0.1, -0.05) is 47.5 Å². The minimum Gasteiger partial charge on any atom is -0.494 e. The van der Waals surface area contributed by atoms with Crippen LogP contribution in [0, 0.1) is 5.92 Å². The van der Waals surface area contributed by atoms with Crippen LogP contribution in [0.5, 0.6) is 5.75 Å². The maximum Gasteiger partial charge on any atom is 0.261 e. The summed E-state index contributed by atoms with van der Waals surface area (Å²) in [5, 5.41) is 4.33. The summed E-state index contributed by atoms with van der Waals surface area (Å²) in [6.45, 7) is 2.60. The van der Waals surface area contributed by atoms with Crippen LogP contribution in [0.15, 0.2) is 77.7 Å². The molecule has 2 aliphatic rings. The Morgan fingerprint density at radius 2 is 1.85 bits per heavy atom. The van der Waals surface area contributed by atoms with Gasteiger partial charge in [-0.2, -0.15) is 0 Å². The molecule has 3 aromatic rings. The van der Waals surface area contributed by atoms with Crippen molar-refractivity contribution in [3.8, 4) is 5.75 Å². The number of fused-ring (bicyclic) bond motifs is 3. The average molecular weight is 515 g/mol. The first-order chi connectivity index (χ1) is 16.4. The zero-order valence-corrected chi connectivity index (χ0v) is 20.8. The van der Waals surface area contributed by atoms with Gasteiger partial charge in [0.2, 0.25) is 0 Å². The van der Waals surface area contributed by atoms with Crippen LogP contribution in [0.25, 0.3) is 0 Å². The Hall–Kier alpha value is -2.67. The Kier molecular flexibility index (Phi) is 6.23. The molecule has 0 amide bonds. The number of sulfonamides is 1. The van der Waals surface area contributed by atoms with Gasteiger partial charge >= 0.3 is 0 Å². The van der Waals surface area contributed by atoms with Crippen molar-refractivity contribution in [2.45, 2.75) is 30.2 Å². The summed E-state index contributed by atoms with van der Waals surface area (Å²) in [6.07, 6.45) is 5.29. The van der Waals surface area contributed by atoms with Gasteiger partial charge < -0.3 is 10.1 Å². The predicted molar refractivity (Wildman–Crippen MR) is 138 cm³/mol. The van der Waals surface area contributed by atoms with Gasteiger partial charge in [0.15, 0.2) is 0 Å². The summed E-state index contributed by atoms with van der Waals surface area (Å²) in [6, 6.07) is 18.2. The number of hydrogen-bond acceptors (Lipinski definition) is 4. The molecule has 8 heteroatoms. The molecule has 5 nitrogen and oxygen atoms in total. The van der Waals surface area contributed by atoms with Crippen molar-refractivity contribution in [1.29, 1.82) is 0 Å². The van der Waals surface area contributed by atoms with Crippen LogP contribution in [0.2, 0.25) is 10.0 Å². The van der Waals surface area contributed by atoms with E-state index in [0.29, 0.717) is 17.5 Å². The van der Waals surface area contributed by atoms with E-state index >= 15 is 0 Å². The highest BCUT2D eigenvalue weighted by Gasteiger charge is 2.38. The number of allylic oxidation sites excluding steroid dienone is 2. The second kappa shape index (κ2) is 9.17. The van der Waals surface area contributed by atoms with Gasteiger partial charge in [0.1, 0.15) is 5.75 Å². The van der Waals surface area contributed by atoms with Gasteiger partial charge in [-0.05, 0) is 78.9 Å². The van der Waals surface area contributed by atoms with Gasteiger partial charge in [-0.3, -0.25) is 4.72 Å². The normalized spacial score (nSPS) is 20.9. The molecular formula is C26H24Cl2N2O3S. The second-order valence-corrected chi connectivity index (χ2v) is 11.0. The Morgan fingerprint density at radius 1 is 1.06 bits per heavy atom. The van der Waals surface area contributed by atoms with Crippen LogP contribution < -0.4 is 14.8 Å². The van der Waals surface area contributed by atoms with Crippen LogP contribution in [0.1, 0.15) is 36.4 Å². The number of nitrogens with one attached hydrogen (secondary N) is 2. The standard InChI is InChI=1S/C26H24Cl2N2O3S/c1-2-33-18-9-6-16(7-10-18)26-21-5-3-4-20(21)22-15-19(11-13-24(22)29-26)34(31,32)30-25-12-8-17(27)14-23(25)28/h3-4,6-15,20-21,26,29-30H,2,5H2,1H3/t20-,21+,26+/m0/s1. The first-order valence-corrected chi connectivity index (χ1v) is 13.4. The number of ether oxygens (including phenoxy) is 1. The molecule has 0 bridgehead atoms. The lowest BCUT2D eigenvalue weighted by Crippen LogP contribution is -2.29. The molecule has 0 radical (unpaired) electrons. The van der Waals surface area contributed by atoms with E-state index in [-0.39, 0.29) is 27.6 Å². The fourth-order valence-electron chi connectivity index (χ4n) is 4.78. The molecule has 3 aromatic carbocycles. The zero-order chi connectivity index (χ0) is 23.9. The Bertz CT molecular complexity index is 1360. The Labute approximate surface area is 209 Å². The SMILES string of the molecule is CCOc1ccc([C@H]2Nc3ccc(S(=O)(=O)Nc4ccc(Cl)cc4Cl)cc3[C@H]3C=CC[C@H]32)cc1. The van der Waals surface area contributed by atoms with Crippen molar-refractivity contribution in [3.63, 3.8) is 0 Å². The molecule has 34 heavy (non-hydrogen) atoms. The fourth-order valence-corrected chi connectivity index (χ4v) is 6.41. The Balaban J connectivity index is 1.45. The molecule has 1 heterocycles. The number of rotatable bonds is 6. The average Bonchev–Trinajstić information content (AvgIpc) is 3.31. The van der Waals surface area contributed by atoms with E-state index in [4.69, 9.17) is 27.9 Å². The van der Waals surface area contributed by atoms with Gasteiger partial charge in [0, 0.05) is 16.6 Å². The van der Waals surface area contributed by atoms with Crippen LogP contribution in [-0.2, 0) is 10.0 Å². The predicted octanol–water partition coefficient (Wildman–Crippen LogP) is 7.02. The smallest absolute Gasteiger partial charge is 0.261 e. The molecular weight excluding hydrogens is 491 g/mol. The third-order valence-electron chi connectivity index (χ3n) is 6.37. The molecule has 3 atom stereocenters. The highest BCUT2D eigenvalue weighted by Crippen LogP contribution is 2.50. The number of hydrogen-bond donors (Lipinski definition) is 2. The summed E-state index contributed by atoms with van der Waals surface area (Å²) in [7, 11) is -3.83. The fraction of sp³-hybridized carbons (Fsp3) is 0.231. The number of benzene rings is 3. The summed E-state index contributed by atoms with van der Waals surface area (Å²) in [5.74, 6) is 1.27. The van der Waals surface area contributed by atoms with E-state index < -0.39 is 10.0 Å². The third kappa shape index (κ3) is 4.38. The van der Waals surface area contributed by atoms with Crippen molar-refractivity contribution < 1.29 is 13.2 Å². The van der Waals surface area contributed by atoms with E-state index in [1.54, 1.807) is 24.3 Å². The summed E-state index contributed by atoms with van der Waals surface area (Å²) in [5.41, 5.74) is 3.39. The van der Waals surface area contributed by atoms with Crippen molar-refractivity contribution >= 4 is 44.6 Å². The van der Waals surface area contributed by atoms with Gasteiger partial charge in [-0.15, -0.1) is 0 Å². The first-order valence-electron chi connectivity index (χ1n) is 11.1. The summed E-state index contributed by atoms with van der Waals surface area (Å²) < 4.78 is 34.4. The second-order valence-electron chi connectivity index (χ2n) is 8.46. The number of anilines is 2. The molecule has 0 aromatic heterocycles. The molecule has 0 spiro atoms. The molecule has 176 valence electrons. The number of halogens is 2. The molecule has 0 fully saturated rings. The van der Waals surface area contributed by atoms with Gasteiger partial charge in [0.25, 0.3) is 10.0 Å². The molecule has 5 rings (SSSR count). The van der Waals surface area contributed by atoms with E-state index in [1.807, 2.05) is 25.1 Å².